The minimum atomic E-state index is -0.440. The first-order valence-corrected chi connectivity index (χ1v) is 8.20. The highest BCUT2D eigenvalue weighted by molar-refractivity contribution is 5.71. The number of hydrogen-bond acceptors (Lipinski definition) is 5. The Morgan fingerprint density at radius 2 is 1.96 bits per heavy atom. The fourth-order valence-corrected chi connectivity index (χ4v) is 2.82. The molecule has 3 aromatic rings. The fraction of sp³-hybridized carbons (Fsp3) is 0.333. The Labute approximate surface area is 149 Å². The number of aryl methyl sites for hydroxylation is 3. The van der Waals surface area contributed by atoms with Gasteiger partial charge in [-0.1, -0.05) is 29.8 Å². The number of esters is 1. The summed E-state index contributed by atoms with van der Waals surface area (Å²) in [5, 5.41) is 0. The van der Waals surface area contributed by atoms with Gasteiger partial charge in [0.1, 0.15) is 6.61 Å². The van der Waals surface area contributed by atoms with E-state index < -0.39 is 11.2 Å². The van der Waals surface area contributed by atoms with Crippen LogP contribution in [0.2, 0.25) is 0 Å². The third-order valence-corrected chi connectivity index (χ3v) is 4.26. The lowest BCUT2D eigenvalue weighted by Gasteiger charge is -2.08. The summed E-state index contributed by atoms with van der Waals surface area (Å²) in [5.41, 5.74) is 1.74. The van der Waals surface area contributed by atoms with Crippen molar-refractivity contribution in [2.75, 3.05) is 0 Å². The van der Waals surface area contributed by atoms with Crippen molar-refractivity contribution >= 4 is 17.1 Å². The van der Waals surface area contributed by atoms with Gasteiger partial charge in [0.05, 0.1) is 12.7 Å². The van der Waals surface area contributed by atoms with E-state index in [1.54, 1.807) is 11.6 Å². The number of nitrogens with zero attached hydrogens (tertiary/aromatic N) is 4. The lowest BCUT2D eigenvalue weighted by atomic mass is 10.1. The van der Waals surface area contributed by atoms with Gasteiger partial charge >= 0.3 is 11.7 Å². The van der Waals surface area contributed by atoms with Crippen LogP contribution in [0.25, 0.3) is 11.2 Å². The smallest absolute Gasteiger partial charge is 0.332 e. The first-order valence-electron chi connectivity index (χ1n) is 8.20. The molecule has 0 radical (unpaired) electrons. The highest BCUT2D eigenvalue weighted by atomic mass is 16.5. The normalized spacial score (nSPS) is 11.0. The van der Waals surface area contributed by atoms with Crippen molar-refractivity contribution in [3.8, 4) is 0 Å². The highest BCUT2D eigenvalue weighted by Crippen LogP contribution is 2.08. The molecule has 8 nitrogen and oxygen atoms in total. The van der Waals surface area contributed by atoms with Crippen molar-refractivity contribution in [1.82, 2.24) is 18.7 Å². The maximum Gasteiger partial charge on any atom is 0.332 e. The first kappa shape index (κ1) is 17.7. The zero-order valence-electron chi connectivity index (χ0n) is 14.9. The van der Waals surface area contributed by atoms with Crippen LogP contribution in [0.4, 0.5) is 0 Å². The number of fused-ring (bicyclic) bond motifs is 1. The van der Waals surface area contributed by atoms with Gasteiger partial charge in [-0.25, -0.2) is 9.78 Å². The SMILES string of the molecule is Cc1cccc(COC(=O)CCn2cnc3c2c(=O)n(C)c(=O)n3C)c1. The Morgan fingerprint density at radius 3 is 2.69 bits per heavy atom. The lowest BCUT2D eigenvalue weighted by molar-refractivity contribution is -0.145. The Balaban J connectivity index is 1.71. The zero-order chi connectivity index (χ0) is 18.8. The summed E-state index contributed by atoms with van der Waals surface area (Å²) in [4.78, 5) is 40.4. The van der Waals surface area contributed by atoms with Gasteiger partial charge in [0, 0.05) is 20.6 Å². The van der Waals surface area contributed by atoms with Gasteiger partial charge in [0.2, 0.25) is 0 Å². The summed E-state index contributed by atoms with van der Waals surface area (Å²) < 4.78 is 9.19. The molecule has 0 unspecified atom stereocenters. The van der Waals surface area contributed by atoms with Crippen molar-refractivity contribution in [2.45, 2.75) is 26.5 Å². The summed E-state index contributed by atoms with van der Waals surface area (Å²) in [6.07, 6.45) is 1.56. The van der Waals surface area contributed by atoms with Crippen molar-refractivity contribution in [1.29, 1.82) is 0 Å². The Morgan fingerprint density at radius 1 is 1.19 bits per heavy atom. The number of carbonyl (C=O) groups is 1. The van der Waals surface area contributed by atoms with Crippen molar-refractivity contribution in [3.63, 3.8) is 0 Å². The molecule has 2 heterocycles. The molecule has 0 bridgehead atoms. The van der Waals surface area contributed by atoms with E-state index in [0.29, 0.717) is 11.2 Å². The number of hydrogen-bond donors (Lipinski definition) is 0. The second kappa shape index (κ2) is 6.99. The molecule has 26 heavy (non-hydrogen) atoms. The van der Waals surface area contributed by atoms with Crippen LogP contribution in [0.1, 0.15) is 17.5 Å². The molecule has 0 aliphatic heterocycles. The minimum Gasteiger partial charge on any atom is -0.461 e. The molecule has 136 valence electrons. The molecule has 0 fully saturated rings. The Hall–Kier alpha value is -3.16. The molecule has 8 heteroatoms. The summed E-state index contributed by atoms with van der Waals surface area (Å²) >= 11 is 0. The predicted molar refractivity (Wildman–Crippen MR) is 95.8 cm³/mol. The average Bonchev–Trinajstić information content (AvgIpc) is 3.05. The summed E-state index contributed by atoms with van der Waals surface area (Å²) in [6, 6.07) is 7.74. The standard InChI is InChI=1S/C18H20N4O4/c1-12-5-4-6-13(9-12)10-26-14(23)7-8-22-11-19-16-15(22)17(24)21(3)18(25)20(16)2/h4-6,9,11H,7-8,10H2,1-3H3. The van der Waals surface area contributed by atoms with E-state index in [2.05, 4.69) is 4.98 Å². The van der Waals surface area contributed by atoms with E-state index in [4.69, 9.17) is 4.74 Å². The van der Waals surface area contributed by atoms with Crippen LogP contribution in [0.3, 0.4) is 0 Å². The monoisotopic (exact) mass is 356 g/mol. The van der Waals surface area contributed by atoms with Gasteiger partial charge < -0.3 is 9.30 Å². The molecule has 0 saturated heterocycles. The van der Waals surface area contributed by atoms with Gasteiger partial charge in [-0.05, 0) is 12.5 Å². The lowest BCUT2D eigenvalue weighted by Crippen LogP contribution is -2.37. The number of carbonyl (C=O) groups excluding carboxylic acids is 1. The van der Waals surface area contributed by atoms with E-state index in [1.807, 2.05) is 31.2 Å². The number of rotatable bonds is 5. The summed E-state index contributed by atoms with van der Waals surface area (Å²) in [5.74, 6) is -0.366. The van der Waals surface area contributed by atoms with E-state index in [1.165, 1.54) is 17.9 Å². The van der Waals surface area contributed by atoms with Crippen LogP contribution in [0.5, 0.6) is 0 Å². The molecule has 0 aliphatic rings. The summed E-state index contributed by atoms with van der Waals surface area (Å²) in [6.45, 7) is 2.43. The number of ether oxygens (including phenoxy) is 1. The van der Waals surface area contributed by atoms with Crippen molar-refractivity contribution in [2.24, 2.45) is 14.1 Å². The molecule has 3 rings (SSSR count). The number of imidazole rings is 1. The van der Waals surface area contributed by atoms with Crippen LogP contribution in [0, 0.1) is 6.92 Å². The van der Waals surface area contributed by atoms with Crippen LogP contribution in [-0.2, 0) is 36.8 Å². The zero-order valence-corrected chi connectivity index (χ0v) is 14.9. The maximum atomic E-state index is 12.3. The van der Waals surface area contributed by atoms with Gasteiger partial charge in [-0.15, -0.1) is 0 Å². The second-order valence-corrected chi connectivity index (χ2v) is 6.22. The van der Waals surface area contributed by atoms with Gasteiger partial charge in [-0.3, -0.25) is 18.7 Å². The number of aromatic nitrogens is 4. The molecular weight excluding hydrogens is 336 g/mol. The van der Waals surface area contributed by atoms with E-state index >= 15 is 0 Å². The van der Waals surface area contributed by atoms with E-state index in [-0.39, 0.29) is 25.5 Å². The largest absolute Gasteiger partial charge is 0.461 e. The van der Waals surface area contributed by atoms with Crippen LogP contribution >= 0.6 is 0 Å². The van der Waals surface area contributed by atoms with Gasteiger partial charge in [0.25, 0.3) is 5.56 Å². The Kier molecular flexibility index (Phi) is 4.75. The molecular formula is C18H20N4O4. The first-order chi connectivity index (χ1) is 12.4. The highest BCUT2D eigenvalue weighted by Gasteiger charge is 2.15. The summed E-state index contributed by atoms with van der Waals surface area (Å²) in [7, 11) is 2.97. The predicted octanol–water partition coefficient (Wildman–Crippen LogP) is 0.876. The van der Waals surface area contributed by atoms with E-state index in [0.717, 1.165) is 15.7 Å². The van der Waals surface area contributed by atoms with Crippen LogP contribution in [-0.4, -0.2) is 24.7 Å². The average molecular weight is 356 g/mol. The molecule has 0 amide bonds. The van der Waals surface area contributed by atoms with E-state index in [9.17, 15) is 14.4 Å². The van der Waals surface area contributed by atoms with Gasteiger partial charge in [-0.2, -0.15) is 0 Å². The topological polar surface area (TPSA) is 88.1 Å². The van der Waals surface area contributed by atoms with Crippen molar-refractivity contribution in [3.05, 3.63) is 62.6 Å². The van der Waals surface area contributed by atoms with Crippen molar-refractivity contribution < 1.29 is 9.53 Å². The minimum absolute atomic E-state index is 0.100. The van der Waals surface area contributed by atoms with Crippen LogP contribution in [0.15, 0.2) is 40.2 Å². The maximum absolute atomic E-state index is 12.3. The second-order valence-electron chi connectivity index (χ2n) is 6.22. The quantitative estimate of drug-likeness (QED) is 0.633. The third-order valence-electron chi connectivity index (χ3n) is 4.26. The van der Waals surface area contributed by atoms with Gasteiger partial charge in [0.15, 0.2) is 11.2 Å². The third kappa shape index (κ3) is 3.30. The molecule has 0 N–H and O–H groups in total. The fourth-order valence-electron chi connectivity index (χ4n) is 2.82. The molecule has 2 aromatic heterocycles. The molecule has 1 aromatic carbocycles. The molecule has 0 spiro atoms. The number of benzene rings is 1. The molecule has 0 aliphatic carbocycles. The molecule has 0 atom stereocenters. The molecule has 0 saturated carbocycles. The Bertz CT molecular complexity index is 1090. The van der Waals surface area contributed by atoms with Crippen LogP contribution < -0.4 is 11.2 Å².